The maximum atomic E-state index is 11.6. The monoisotopic (exact) mass is 226 g/mol. The van der Waals surface area contributed by atoms with Gasteiger partial charge in [0.05, 0.1) is 18.5 Å². The minimum absolute atomic E-state index is 0.0955. The minimum atomic E-state index is -0.874. The number of nitriles is 1. The average molecular weight is 226 g/mol. The van der Waals surface area contributed by atoms with E-state index in [-0.39, 0.29) is 23.0 Å². The summed E-state index contributed by atoms with van der Waals surface area (Å²) in [5.41, 5.74) is 5.43. The number of nitrogens with zero attached hydrogens (tertiary/aromatic N) is 2. The second-order valence-electron chi connectivity index (χ2n) is 5.52. The molecule has 1 saturated heterocycles. The van der Waals surface area contributed by atoms with Crippen LogP contribution in [0.2, 0.25) is 0 Å². The number of hydrogen-bond acceptors (Lipinski definition) is 3. The molecule has 0 spiro atoms. The van der Waals surface area contributed by atoms with Crippen molar-refractivity contribution in [2.75, 3.05) is 6.54 Å². The molecule has 0 radical (unpaired) electrons. The average Bonchev–Trinajstić information content (AvgIpc) is 2.43. The van der Waals surface area contributed by atoms with Gasteiger partial charge in [-0.25, -0.2) is 4.48 Å². The molecule has 1 aliphatic rings. The quantitative estimate of drug-likeness (QED) is 0.659. The fourth-order valence-corrected chi connectivity index (χ4v) is 2.81. The number of likely N-dealkylation sites (tertiary alicyclic amines) is 1. The Morgan fingerprint density at radius 3 is 2.56 bits per heavy atom. The predicted octanol–water partition coefficient (Wildman–Crippen LogP) is 1.29. The lowest BCUT2D eigenvalue weighted by Crippen LogP contribution is -2.66. The SMILES string of the molecule is CC(C)(C)[N+]1(C(=O)O)C[C@H](N)C[C@@H]1CC#N. The van der Waals surface area contributed by atoms with E-state index in [1.807, 2.05) is 20.8 Å². The minimum Gasteiger partial charge on any atom is -0.435 e. The molecule has 3 N–H and O–H groups in total. The molecule has 1 fully saturated rings. The summed E-state index contributed by atoms with van der Waals surface area (Å²) < 4.78 is -0.0955. The van der Waals surface area contributed by atoms with Crippen molar-refractivity contribution in [3.63, 3.8) is 0 Å². The van der Waals surface area contributed by atoms with Gasteiger partial charge in [0.25, 0.3) is 0 Å². The molecule has 90 valence electrons. The Kier molecular flexibility index (Phi) is 3.27. The summed E-state index contributed by atoms with van der Waals surface area (Å²) in [5, 5.41) is 18.3. The Morgan fingerprint density at radius 1 is 1.62 bits per heavy atom. The van der Waals surface area contributed by atoms with Crippen LogP contribution in [0, 0.1) is 11.3 Å². The molecule has 0 aliphatic carbocycles. The summed E-state index contributed by atoms with van der Waals surface area (Å²) in [5.74, 6) is 0. The summed E-state index contributed by atoms with van der Waals surface area (Å²) in [7, 11) is 0. The van der Waals surface area contributed by atoms with E-state index in [1.54, 1.807) is 0 Å². The molecule has 5 nitrogen and oxygen atoms in total. The van der Waals surface area contributed by atoms with Gasteiger partial charge in [0.2, 0.25) is 0 Å². The first-order valence-corrected chi connectivity index (χ1v) is 5.49. The van der Waals surface area contributed by atoms with Crippen molar-refractivity contribution >= 4 is 6.09 Å². The third-order valence-corrected chi connectivity index (χ3v) is 3.59. The van der Waals surface area contributed by atoms with Gasteiger partial charge >= 0.3 is 6.09 Å². The van der Waals surface area contributed by atoms with Crippen LogP contribution in [-0.2, 0) is 0 Å². The fourth-order valence-electron chi connectivity index (χ4n) is 2.81. The number of carboxylic acid groups (broad SMARTS) is 1. The van der Waals surface area contributed by atoms with Crippen LogP contribution in [0.4, 0.5) is 4.79 Å². The molecule has 0 aromatic rings. The lowest BCUT2D eigenvalue weighted by molar-refractivity contribution is -0.914. The first-order chi connectivity index (χ1) is 7.25. The number of rotatable bonds is 1. The topological polar surface area (TPSA) is 87.1 Å². The van der Waals surface area contributed by atoms with E-state index in [0.29, 0.717) is 13.0 Å². The summed E-state index contributed by atoms with van der Waals surface area (Å²) in [6.07, 6.45) is -0.0188. The molecule has 5 heteroatoms. The van der Waals surface area contributed by atoms with E-state index < -0.39 is 11.6 Å². The van der Waals surface area contributed by atoms with Crippen LogP contribution >= 0.6 is 0 Å². The zero-order chi connectivity index (χ0) is 12.6. The van der Waals surface area contributed by atoms with Crippen LogP contribution in [0.3, 0.4) is 0 Å². The van der Waals surface area contributed by atoms with Crippen molar-refractivity contribution in [2.24, 2.45) is 5.73 Å². The highest BCUT2D eigenvalue weighted by atomic mass is 16.4. The molecule has 0 aromatic carbocycles. The molecule has 3 atom stereocenters. The van der Waals surface area contributed by atoms with Gasteiger partial charge in [-0.15, -0.1) is 0 Å². The normalized spacial score (nSPS) is 34.7. The van der Waals surface area contributed by atoms with E-state index in [9.17, 15) is 9.90 Å². The molecule has 1 heterocycles. The highest BCUT2D eigenvalue weighted by Crippen LogP contribution is 2.37. The number of carbonyl (C=O) groups is 1. The van der Waals surface area contributed by atoms with E-state index in [4.69, 9.17) is 11.0 Å². The zero-order valence-electron chi connectivity index (χ0n) is 10.1. The summed E-state index contributed by atoms with van der Waals surface area (Å²) in [6.45, 7) is 6.09. The van der Waals surface area contributed by atoms with Crippen LogP contribution < -0.4 is 5.73 Å². The molecule has 1 rings (SSSR count). The standard InChI is InChI=1S/C11H19N3O2/c1-11(2,3)14(10(15)16)7-8(13)6-9(14)4-5-12/h8-9H,4,6-7,13H2,1-3H3/p+1/t8-,9+,14?/m1/s1. The maximum absolute atomic E-state index is 11.6. The smallest absolute Gasteiger partial charge is 0.435 e. The van der Waals surface area contributed by atoms with Gasteiger partial charge in [0, 0.05) is 6.42 Å². The first-order valence-electron chi connectivity index (χ1n) is 5.49. The Balaban J connectivity index is 3.18. The predicted molar refractivity (Wildman–Crippen MR) is 59.5 cm³/mol. The summed E-state index contributed by atoms with van der Waals surface area (Å²) in [4.78, 5) is 11.6. The molecular weight excluding hydrogens is 206 g/mol. The van der Waals surface area contributed by atoms with Crippen LogP contribution in [0.15, 0.2) is 0 Å². The van der Waals surface area contributed by atoms with Crippen molar-refractivity contribution in [3.05, 3.63) is 0 Å². The van der Waals surface area contributed by atoms with Crippen LogP contribution in [-0.4, -0.2) is 39.9 Å². The fraction of sp³-hybridized carbons (Fsp3) is 0.818. The zero-order valence-corrected chi connectivity index (χ0v) is 10.1. The second kappa shape index (κ2) is 4.04. The lowest BCUT2D eigenvalue weighted by atomic mass is 9.98. The number of quaternary nitrogens is 1. The van der Waals surface area contributed by atoms with Crippen molar-refractivity contribution in [3.8, 4) is 6.07 Å². The van der Waals surface area contributed by atoms with Crippen LogP contribution in [0.25, 0.3) is 0 Å². The van der Waals surface area contributed by atoms with Gasteiger partial charge in [-0.1, -0.05) is 0 Å². The number of amides is 1. The van der Waals surface area contributed by atoms with Gasteiger partial charge in [-0.05, 0) is 20.8 Å². The van der Waals surface area contributed by atoms with E-state index >= 15 is 0 Å². The third-order valence-electron chi connectivity index (χ3n) is 3.59. The highest BCUT2D eigenvalue weighted by Gasteiger charge is 2.58. The van der Waals surface area contributed by atoms with Crippen molar-refractivity contribution in [2.45, 2.75) is 51.2 Å². The van der Waals surface area contributed by atoms with E-state index in [1.165, 1.54) is 0 Å². The third kappa shape index (κ3) is 1.79. The Bertz CT molecular complexity index is 329. The molecule has 1 amide bonds. The largest absolute Gasteiger partial charge is 0.514 e. The summed E-state index contributed by atoms with van der Waals surface area (Å²) >= 11 is 0. The van der Waals surface area contributed by atoms with Gasteiger partial charge < -0.3 is 10.8 Å². The molecule has 1 aliphatic heterocycles. The summed E-state index contributed by atoms with van der Waals surface area (Å²) in [6, 6.07) is 1.75. The number of nitrogens with two attached hydrogens (primary N) is 1. The second-order valence-corrected chi connectivity index (χ2v) is 5.52. The molecule has 0 bridgehead atoms. The van der Waals surface area contributed by atoms with Crippen LogP contribution in [0.5, 0.6) is 0 Å². The Morgan fingerprint density at radius 2 is 2.19 bits per heavy atom. The first kappa shape index (κ1) is 12.9. The van der Waals surface area contributed by atoms with E-state index in [2.05, 4.69) is 6.07 Å². The lowest BCUT2D eigenvalue weighted by Gasteiger charge is -2.44. The van der Waals surface area contributed by atoms with Gasteiger partial charge in [-0.2, -0.15) is 10.1 Å². The maximum Gasteiger partial charge on any atom is 0.514 e. The van der Waals surface area contributed by atoms with E-state index in [0.717, 1.165) is 0 Å². The Hall–Kier alpha value is -1.12. The van der Waals surface area contributed by atoms with Crippen molar-refractivity contribution in [1.29, 1.82) is 5.26 Å². The molecule has 16 heavy (non-hydrogen) atoms. The van der Waals surface area contributed by atoms with Crippen molar-refractivity contribution < 1.29 is 14.4 Å². The number of hydrogen-bond donors (Lipinski definition) is 2. The Labute approximate surface area is 96.0 Å². The molecular formula is C11H20N3O2+. The highest BCUT2D eigenvalue weighted by molar-refractivity contribution is 5.58. The molecule has 1 unspecified atom stereocenters. The molecule has 0 aromatic heterocycles. The molecule has 0 saturated carbocycles. The van der Waals surface area contributed by atoms with Gasteiger partial charge in [0.15, 0.2) is 0 Å². The van der Waals surface area contributed by atoms with Crippen LogP contribution in [0.1, 0.15) is 33.6 Å². The van der Waals surface area contributed by atoms with Crippen molar-refractivity contribution in [1.82, 2.24) is 0 Å². The van der Waals surface area contributed by atoms with Gasteiger partial charge in [0.1, 0.15) is 18.1 Å². The van der Waals surface area contributed by atoms with Gasteiger partial charge in [-0.3, -0.25) is 0 Å².